The van der Waals surface area contributed by atoms with E-state index in [1.54, 1.807) is 12.1 Å². The molecule has 0 saturated heterocycles. The number of benzene rings is 1. The van der Waals surface area contributed by atoms with E-state index in [0.29, 0.717) is 12.1 Å². The van der Waals surface area contributed by atoms with Crippen LogP contribution in [-0.2, 0) is 14.8 Å². The van der Waals surface area contributed by atoms with Gasteiger partial charge in [-0.05, 0) is 30.7 Å². The molecule has 2 N–H and O–H groups in total. The van der Waals surface area contributed by atoms with E-state index >= 15 is 0 Å². The number of nitrogens with zero attached hydrogens (tertiary/aromatic N) is 2. The number of aromatic nitrogens is 2. The highest BCUT2D eigenvalue weighted by Gasteiger charge is 2.15. The molecule has 0 atom stereocenters. The van der Waals surface area contributed by atoms with Crippen molar-refractivity contribution >= 4 is 38.1 Å². The Morgan fingerprint density at radius 3 is 2.10 bits per heavy atom. The van der Waals surface area contributed by atoms with Crippen LogP contribution in [0.2, 0.25) is 0 Å². The molecule has 30 heavy (non-hydrogen) atoms. The average Bonchev–Trinajstić information content (AvgIpc) is 3.22. The highest BCUT2D eigenvalue weighted by Crippen LogP contribution is 2.19. The third-order valence-corrected chi connectivity index (χ3v) is 6.88. The molecule has 1 amide bonds. The van der Waals surface area contributed by atoms with Crippen molar-refractivity contribution in [1.82, 2.24) is 10.2 Å². The summed E-state index contributed by atoms with van der Waals surface area (Å²) in [5.74, 6) is -0.0443. The fraction of sp³-hybridized carbons (Fsp3) is 0.571. The zero-order valence-electron chi connectivity index (χ0n) is 17.6. The molecule has 2 rings (SSSR count). The van der Waals surface area contributed by atoms with Crippen LogP contribution in [0.25, 0.3) is 0 Å². The third kappa shape index (κ3) is 9.21. The maximum Gasteiger partial charge on any atom is 0.263 e. The number of unbranched alkanes of at least 4 members (excludes halogenated alkanes) is 9. The van der Waals surface area contributed by atoms with E-state index in [0.717, 1.165) is 24.2 Å². The van der Waals surface area contributed by atoms with Crippen LogP contribution in [0.15, 0.2) is 34.7 Å². The highest BCUT2D eigenvalue weighted by molar-refractivity contribution is 7.93. The van der Waals surface area contributed by atoms with Crippen molar-refractivity contribution in [2.24, 2.45) is 0 Å². The zero-order valence-corrected chi connectivity index (χ0v) is 19.2. The van der Waals surface area contributed by atoms with E-state index in [2.05, 4.69) is 27.2 Å². The van der Waals surface area contributed by atoms with Gasteiger partial charge in [-0.3, -0.25) is 9.52 Å². The van der Waals surface area contributed by atoms with Gasteiger partial charge in [-0.1, -0.05) is 76.0 Å². The van der Waals surface area contributed by atoms with Crippen molar-refractivity contribution in [3.8, 4) is 0 Å². The molecule has 1 aromatic carbocycles. The quantitative estimate of drug-likeness (QED) is 0.343. The van der Waals surface area contributed by atoms with Crippen LogP contribution < -0.4 is 10.0 Å². The lowest BCUT2D eigenvalue weighted by molar-refractivity contribution is -0.116. The minimum absolute atomic E-state index is 0.0443. The van der Waals surface area contributed by atoms with Crippen LogP contribution in [0.4, 0.5) is 10.8 Å². The van der Waals surface area contributed by atoms with Crippen molar-refractivity contribution in [3.05, 3.63) is 29.8 Å². The minimum Gasteiger partial charge on any atom is -0.326 e. The van der Waals surface area contributed by atoms with E-state index in [4.69, 9.17) is 0 Å². The first-order valence-electron chi connectivity index (χ1n) is 10.7. The van der Waals surface area contributed by atoms with Crippen LogP contribution in [0, 0.1) is 0 Å². The molecule has 7 nitrogen and oxygen atoms in total. The number of sulfonamides is 1. The Bertz CT molecular complexity index is 838. The second-order valence-corrected chi connectivity index (χ2v) is 9.87. The summed E-state index contributed by atoms with van der Waals surface area (Å²) in [6.07, 6.45) is 12.8. The predicted octanol–water partition coefficient (Wildman–Crippen LogP) is 5.59. The van der Waals surface area contributed by atoms with E-state index in [9.17, 15) is 13.2 Å². The zero-order chi connectivity index (χ0) is 21.7. The Balaban J connectivity index is 1.62. The summed E-state index contributed by atoms with van der Waals surface area (Å²) in [5.41, 5.74) is 2.03. The van der Waals surface area contributed by atoms with Gasteiger partial charge in [0.2, 0.25) is 11.0 Å². The van der Waals surface area contributed by atoms with Crippen molar-refractivity contribution in [2.45, 2.75) is 82.4 Å². The molecule has 0 unspecified atom stereocenters. The Hall–Kier alpha value is -2.00. The molecule has 0 fully saturated rings. The van der Waals surface area contributed by atoms with Crippen molar-refractivity contribution in [1.29, 1.82) is 0 Å². The van der Waals surface area contributed by atoms with Gasteiger partial charge < -0.3 is 5.32 Å². The maximum atomic E-state index is 12.3. The van der Waals surface area contributed by atoms with Gasteiger partial charge in [0, 0.05) is 12.1 Å². The molecule has 0 saturated carbocycles. The summed E-state index contributed by atoms with van der Waals surface area (Å²) >= 11 is 1.10. The fourth-order valence-electron chi connectivity index (χ4n) is 3.11. The predicted molar refractivity (Wildman–Crippen MR) is 122 cm³/mol. The van der Waals surface area contributed by atoms with E-state index in [1.807, 2.05) is 0 Å². The lowest BCUT2D eigenvalue weighted by atomic mass is 10.1. The Morgan fingerprint density at radius 2 is 1.53 bits per heavy atom. The number of rotatable bonds is 15. The van der Waals surface area contributed by atoms with Crippen LogP contribution >= 0.6 is 11.3 Å². The van der Waals surface area contributed by atoms with Gasteiger partial charge in [-0.2, -0.15) is 0 Å². The second kappa shape index (κ2) is 13.3. The molecule has 2 aromatic rings. The molecular formula is C21H32N4O3S2. The Labute approximate surface area is 183 Å². The maximum absolute atomic E-state index is 12.3. The summed E-state index contributed by atoms with van der Waals surface area (Å²) in [6, 6.07) is 6.09. The van der Waals surface area contributed by atoms with Crippen LogP contribution in [0.3, 0.4) is 0 Å². The molecule has 0 radical (unpaired) electrons. The summed E-state index contributed by atoms with van der Waals surface area (Å²) in [6.45, 7) is 2.23. The van der Waals surface area contributed by atoms with Gasteiger partial charge in [-0.25, -0.2) is 8.42 Å². The van der Waals surface area contributed by atoms with Gasteiger partial charge in [0.15, 0.2) is 0 Å². The first-order valence-corrected chi connectivity index (χ1v) is 13.1. The largest absolute Gasteiger partial charge is 0.326 e. The first-order chi connectivity index (χ1) is 14.5. The van der Waals surface area contributed by atoms with Gasteiger partial charge in [-0.15, -0.1) is 10.2 Å². The number of anilines is 2. The molecule has 0 spiro atoms. The van der Waals surface area contributed by atoms with Gasteiger partial charge >= 0.3 is 0 Å². The normalized spacial score (nSPS) is 11.4. The monoisotopic (exact) mass is 452 g/mol. The van der Waals surface area contributed by atoms with Crippen LogP contribution in [0.1, 0.15) is 77.6 Å². The number of hydrogen-bond acceptors (Lipinski definition) is 6. The lowest BCUT2D eigenvalue weighted by Crippen LogP contribution is -2.14. The molecule has 1 aromatic heterocycles. The number of amides is 1. The summed E-state index contributed by atoms with van der Waals surface area (Å²) < 4.78 is 26.9. The topological polar surface area (TPSA) is 101 Å². The lowest BCUT2D eigenvalue weighted by Gasteiger charge is -2.08. The average molecular weight is 453 g/mol. The first kappa shape index (κ1) is 24.3. The Kier molecular flexibility index (Phi) is 10.8. The molecular weight excluding hydrogens is 420 g/mol. The van der Waals surface area contributed by atoms with Gasteiger partial charge in [0.25, 0.3) is 10.0 Å². The van der Waals surface area contributed by atoms with E-state index < -0.39 is 10.0 Å². The van der Waals surface area contributed by atoms with Gasteiger partial charge in [0.05, 0.1) is 4.90 Å². The number of nitrogens with one attached hydrogen (secondary N) is 2. The summed E-state index contributed by atoms with van der Waals surface area (Å²) in [7, 11) is -3.72. The van der Waals surface area contributed by atoms with E-state index in [1.165, 1.54) is 69.0 Å². The van der Waals surface area contributed by atoms with Crippen molar-refractivity contribution in [3.63, 3.8) is 0 Å². The molecule has 166 valence electrons. The number of hydrogen-bond donors (Lipinski definition) is 2. The molecule has 1 heterocycles. The third-order valence-electron chi connectivity index (χ3n) is 4.79. The van der Waals surface area contributed by atoms with Gasteiger partial charge in [0.1, 0.15) is 5.51 Å². The van der Waals surface area contributed by atoms with Crippen molar-refractivity contribution < 1.29 is 13.2 Å². The fourth-order valence-corrected chi connectivity index (χ4v) is 4.80. The van der Waals surface area contributed by atoms with Crippen molar-refractivity contribution in [2.75, 3.05) is 10.0 Å². The summed E-state index contributed by atoms with van der Waals surface area (Å²) in [4.78, 5) is 12.2. The highest BCUT2D eigenvalue weighted by atomic mass is 32.2. The molecule has 0 bridgehead atoms. The standard InChI is InChI=1S/C21H32N4O3S2/c1-2-3-4-5-6-7-8-9-10-11-12-20(26)23-18-13-15-19(16-14-18)30(27,28)25-21-24-22-17-29-21/h13-17H,2-12H2,1H3,(H,23,26)(H,24,25). The second-order valence-electron chi connectivity index (χ2n) is 7.35. The Morgan fingerprint density at radius 1 is 0.933 bits per heavy atom. The molecule has 0 aliphatic rings. The molecule has 0 aliphatic carbocycles. The SMILES string of the molecule is CCCCCCCCCCCCC(=O)Nc1ccc(S(=O)(=O)Nc2nncs2)cc1. The number of carbonyl (C=O) groups excluding carboxylic acids is 1. The molecule has 0 aliphatic heterocycles. The van der Waals surface area contributed by atoms with Crippen LogP contribution in [-0.4, -0.2) is 24.5 Å². The summed E-state index contributed by atoms with van der Waals surface area (Å²) in [5, 5.41) is 10.3. The smallest absolute Gasteiger partial charge is 0.263 e. The van der Waals surface area contributed by atoms with Crippen LogP contribution in [0.5, 0.6) is 0 Å². The molecule has 9 heteroatoms. The minimum atomic E-state index is -3.72. The number of carbonyl (C=O) groups is 1. The van der Waals surface area contributed by atoms with E-state index in [-0.39, 0.29) is 15.9 Å².